The van der Waals surface area contributed by atoms with Crippen LogP contribution in [0.3, 0.4) is 0 Å². The van der Waals surface area contributed by atoms with Crippen molar-refractivity contribution >= 4 is 15.7 Å². The van der Waals surface area contributed by atoms with Gasteiger partial charge in [-0.05, 0) is 37.4 Å². The SMILES string of the molecule is CS(=O)(=O)c1cccnc1C(=O)NCC1CCCN(Cc2ncon2)C1. The van der Waals surface area contributed by atoms with Gasteiger partial charge in [0.1, 0.15) is 5.69 Å². The molecule has 1 saturated heterocycles. The zero-order valence-corrected chi connectivity index (χ0v) is 15.3. The molecule has 0 aliphatic carbocycles. The van der Waals surface area contributed by atoms with Crippen molar-refractivity contribution in [2.45, 2.75) is 24.3 Å². The van der Waals surface area contributed by atoms with Gasteiger partial charge in [-0.2, -0.15) is 4.98 Å². The number of piperidine rings is 1. The highest BCUT2D eigenvalue weighted by Crippen LogP contribution is 2.18. The molecule has 140 valence electrons. The summed E-state index contributed by atoms with van der Waals surface area (Å²) in [6.45, 7) is 2.81. The fourth-order valence-corrected chi connectivity index (χ4v) is 3.93. The zero-order chi connectivity index (χ0) is 18.6. The van der Waals surface area contributed by atoms with Crippen LogP contribution in [0.15, 0.2) is 34.1 Å². The molecule has 0 spiro atoms. The van der Waals surface area contributed by atoms with Gasteiger partial charge in [-0.3, -0.25) is 9.69 Å². The molecule has 0 saturated carbocycles. The number of carbonyl (C=O) groups is 1. The molecule has 1 aliphatic heterocycles. The first-order chi connectivity index (χ1) is 12.4. The number of amides is 1. The standard InChI is InChI=1S/C16H21N5O4S/c1-26(23,24)13-5-2-6-17-15(13)16(22)18-8-12-4-3-7-21(9-12)10-14-19-11-25-20-14/h2,5-6,11-12H,3-4,7-10H2,1H3,(H,18,22). The summed E-state index contributed by atoms with van der Waals surface area (Å²) in [6, 6.07) is 2.90. The van der Waals surface area contributed by atoms with Crippen LogP contribution in [-0.2, 0) is 16.4 Å². The minimum atomic E-state index is -3.51. The molecule has 0 radical (unpaired) electrons. The van der Waals surface area contributed by atoms with Crippen LogP contribution in [0.5, 0.6) is 0 Å². The maximum Gasteiger partial charge on any atom is 0.271 e. The summed E-state index contributed by atoms with van der Waals surface area (Å²) in [7, 11) is -3.51. The van der Waals surface area contributed by atoms with Crippen LogP contribution in [0.1, 0.15) is 29.2 Å². The average Bonchev–Trinajstić information content (AvgIpc) is 3.12. The summed E-state index contributed by atoms with van der Waals surface area (Å²) >= 11 is 0. The highest BCUT2D eigenvalue weighted by Gasteiger charge is 2.24. The Bertz CT molecular complexity index is 853. The molecule has 26 heavy (non-hydrogen) atoms. The number of aromatic nitrogens is 3. The number of likely N-dealkylation sites (tertiary alicyclic amines) is 1. The van der Waals surface area contributed by atoms with E-state index in [2.05, 4.69) is 25.3 Å². The van der Waals surface area contributed by atoms with Crippen molar-refractivity contribution in [3.8, 4) is 0 Å². The Labute approximate surface area is 151 Å². The molecular formula is C16H21N5O4S. The summed E-state index contributed by atoms with van der Waals surface area (Å²) in [5, 5.41) is 6.64. The third kappa shape index (κ3) is 4.64. The maximum atomic E-state index is 12.4. The van der Waals surface area contributed by atoms with Crippen LogP contribution in [-0.4, -0.2) is 60.2 Å². The predicted octanol–water partition coefficient (Wildman–Crippen LogP) is 0.510. The Kier molecular flexibility index (Phi) is 5.62. The lowest BCUT2D eigenvalue weighted by Gasteiger charge is -2.31. The highest BCUT2D eigenvalue weighted by atomic mass is 32.2. The summed E-state index contributed by atoms with van der Waals surface area (Å²) < 4.78 is 28.4. The predicted molar refractivity (Wildman–Crippen MR) is 92.0 cm³/mol. The minimum absolute atomic E-state index is 0.0557. The second-order valence-corrected chi connectivity index (χ2v) is 8.41. The van der Waals surface area contributed by atoms with Gasteiger partial charge in [0.15, 0.2) is 15.7 Å². The number of nitrogens with zero attached hydrogens (tertiary/aromatic N) is 4. The molecule has 3 heterocycles. The van der Waals surface area contributed by atoms with Crippen molar-refractivity contribution in [1.29, 1.82) is 0 Å². The van der Waals surface area contributed by atoms with Gasteiger partial charge in [0.2, 0.25) is 6.39 Å². The third-order valence-corrected chi connectivity index (χ3v) is 5.44. The van der Waals surface area contributed by atoms with Crippen molar-refractivity contribution in [3.63, 3.8) is 0 Å². The molecule has 2 aromatic heterocycles. The van der Waals surface area contributed by atoms with Crippen molar-refractivity contribution in [3.05, 3.63) is 36.2 Å². The van der Waals surface area contributed by atoms with E-state index in [1.807, 2.05) is 0 Å². The Morgan fingerprint density at radius 2 is 2.27 bits per heavy atom. The van der Waals surface area contributed by atoms with Crippen LogP contribution >= 0.6 is 0 Å². The first kappa shape index (κ1) is 18.5. The molecular weight excluding hydrogens is 358 g/mol. The third-order valence-electron chi connectivity index (χ3n) is 4.31. The van der Waals surface area contributed by atoms with Gasteiger partial charge < -0.3 is 9.84 Å². The van der Waals surface area contributed by atoms with Crippen molar-refractivity contribution in [2.24, 2.45) is 5.92 Å². The molecule has 1 unspecified atom stereocenters. The molecule has 1 amide bonds. The van der Waals surface area contributed by atoms with E-state index in [0.29, 0.717) is 18.9 Å². The normalized spacial score (nSPS) is 18.6. The van der Waals surface area contributed by atoms with E-state index >= 15 is 0 Å². The first-order valence-electron chi connectivity index (χ1n) is 8.34. The quantitative estimate of drug-likeness (QED) is 0.771. The largest absolute Gasteiger partial charge is 0.350 e. The Morgan fingerprint density at radius 3 is 3.00 bits per heavy atom. The van der Waals surface area contributed by atoms with E-state index in [-0.39, 0.29) is 16.5 Å². The average molecular weight is 379 g/mol. The molecule has 1 atom stereocenters. The molecule has 10 heteroatoms. The number of hydrogen-bond acceptors (Lipinski definition) is 8. The summed E-state index contributed by atoms with van der Waals surface area (Å²) in [5.41, 5.74) is -0.0607. The Morgan fingerprint density at radius 1 is 1.42 bits per heavy atom. The minimum Gasteiger partial charge on any atom is -0.350 e. The van der Waals surface area contributed by atoms with Gasteiger partial charge in [-0.15, -0.1) is 0 Å². The summed E-state index contributed by atoms with van der Waals surface area (Å²) in [4.78, 5) is 22.5. The molecule has 2 aromatic rings. The van der Waals surface area contributed by atoms with Crippen LogP contribution in [0.2, 0.25) is 0 Å². The molecule has 0 aromatic carbocycles. The second kappa shape index (κ2) is 7.92. The monoisotopic (exact) mass is 379 g/mol. The molecule has 1 fully saturated rings. The van der Waals surface area contributed by atoms with E-state index in [1.54, 1.807) is 0 Å². The van der Waals surface area contributed by atoms with Gasteiger partial charge in [0.05, 0.1) is 11.4 Å². The number of nitrogens with one attached hydrogen (secondary N) is 1. The van der Waals surface area contributed by atoms with E-state index in [4.69, 9.17) is 4.52 Å². The fraction of sp³-hybridized carbons (Fsp3) is 0.500. The number of rotatable bonds is 6. The zero-order valence-electron chi connectivity index (χ0n) is 14.5. The van der Waals surface area contributed by atoms with Gasteiger partial charge in [-0.25, -0.2) is 13.4 Å². The van der Waals surface area contributed by atoms with Crippen molar-refractivity contribution in [2.75, 3.05) is 25.9 Å². The van der Waals surface area contributed by atoms with E-state index in [1.165, 1.54) is 24.7 Å². The van der Waals surface area contributed by atoms with E-state index in [0.717, 1.165) is 32.2 Å². The lowest BCUT2D eigenvalue weighted by molar-refractivity contribution is 0.0921. The topological polar surface area (TPSA) is 118 Å². The molecule has 1 N–H and O–H groups in total. The van der Waals surface area contributed by atoms with Crippen LogP contribution in [0.4, 0.5) is 0 Å². The molecule has 3 rings (SSSR count). The lowest BCUT2D eigenvalue weighted by atomic mass is 9.98. The van der Waals surface area contributed by atoms with Gasteiger partial charge in [0, 0.05) is 25.5 Å². The van der Waals surface area contributed by atoms with Crippen molar-refractivity contribution < 1.29 is 17.7 Å². The van der Waals surface area contributed by atoms with Crippen LogP contribution in [0.25, 0.3) is 0 Å². The maximum absolute atomic E-state index is 12.4. The van der Waals surface area contributed by atoms with Gasteiger partial charge in [0.25, 0.3) is 5.91 Å². The van der Waals surface area contributed by atoms with Gasteiger partial charge >= 0.3 is 0 Å². The summed E-state index contributed by atoms with van der Waals surface area (Å²) in [6.07, 6.45) is 5.79. The lowest BCUT2D eigenvalue weighted by Crippen LogP contribution is -2.41. The Hall–Kier alpha value is -2.33. The Balaban J connectivity index is 1.58. The molecule has 1 aliphatic rings. The van der Waals surface area contributed by atoms with Gasteiger partial charge in [-0.1, -0.05) is 5.16 Å². The molecule has 0 bridgehead atoms. The smallest absolute Gasteiger partial charge is 0.271 e. The summed E-state index contributed by atoms with van der Waals surface area (Å²) in [5.74, 6) is 0.437. The van der Waals surface area contributed by atoms with Crippen LogP contribution in [0, 0.1) is 5.92 Å². The number of carbonyl (C=O) groups excluding carboxylic acids is 1. The van der Waals surface area contributed by atoms with Crippen LogP contribution < -0.4 is 5.32 Å². The number of sulfone groups is 1. The van der Waals surface area contributed by atoms with Crippen molar-refractivity contribution in [1.82, 2.24) is 25.3 Å². The fourth-order valence-electron chi connectivity index (χ4n) is 3.10. The highest BCUT2D eigenvalue weighted by molar-refractivity contribution is 7.90. The molecule has 9 nitrogen and oxygen atoms in total. The second-order valence-electron chi connectivity index (χ2n) is 6.42. The number of hydrogen-bond donors (Lipinski definition) is 1. The van der Waals surface area contributed by atoms with E-state index < -0.39 is 15.7 Å². The van der Waals surface area contributed by atoms with E-state index in [9.17, 15) is 13.2 Å². The first-order valence-corrected chi connectivity index (χ1v) is 10.2. The number of pyridine rings is 1.